The number of rotatable bonds is 0. The third kappa shape index (κ3) is 2.27. The second kappa shape index (κ2) is 3.86. The summed E-state index contributed by atoms with van der Waals surface area (Å²) in [6.07, 6.45) is 3.84. The van der Waals surface area contributed by atoms with Crippen LogP contribution in [-0.2, 0) is 0 Å². The fraction of sp³-hybridized carbons (Fsp3) is 0.588. The zero-order valence-electron chi connectivity index (χ0n) is 12.0. The van der Waals surface area contributed by atoms with Crippen LogP contribution in [0, 0.1) is 17.3 Å². The molecule has 2 unspecified atom stereocenters. The van der Waals surface area contributed by atoms with Crippen LogP contribution in [0.25, 0.3) is 0 Å². The van der Waals surface area contributed by atoms with Crippen LogP contribution in [-0.4, -0.2) is 0 Å². The lowest BCUT2D eigenvalue weighted by molar-refractivity contribution is 0.312. The number of hydrogen-bond donors (Lipinski definition) is 0. The van der Waals surface area contributed by atoms with Crippen molar-refractivity contribution in [1.82, 2.24) is 0 Å². The Morgan fingerprint density at radius 3 is 1.41 bits per heavy atom. The van der Waals surface area contributed by atoms with Crippen molar-refractivity contribution < 1.29 is 0 Å². The molecular weight excluding hydrogens is 204 g/mol. The molecule has 0 fully saturated rings. The van der Waals surface area contributed by atoms with E-state index in [-0.39, 0.29) is 10.8 Å². The first-order valence-corrected chi connectivity index (χ1v) is 6.56. The van der Waals surface area contributed by atoms with E-state index >= 15 is 0 Å². The Hall–Kier alpha value is -0.780. The Balaban J connectivity index is 2.47. The monoisotopic (exact) mass is 228 g/mol. The summed E-state index contributed by atoms with van der Waals surface area (Å²) >= 11 is 0. The van der Waals surface area contributed by atoms with Gasteiger partial charge < -0.3 is 0 Å². The Labute approximate surface area is 106 Å². The van der Waals surface area contributed by atoms with Gasteiger partial charge in [-0.3, -0.25) is 0 Å². The molecule has 0 spiro atoms. The van der Waals surface area contributed by atoms with Crippen molar-refractivity contribution in [2.75, 3.05) is 0 Å². The first-order valence-electron chi connectivity index (χ1n) is 6.56. The third-order valence-electron chi connectivity index (χ3n) is 3.68. The summed E-state index contributed by atoms with van der Waals surface area (Å²) in [6, 6.07) is 8.88. The molecule has 2 radical (unpaired) electrons. The highest BCUT2D eigenvalue weighted by Gasteiger charge is 2.42. The molecule has 0 aliphatic heterocycles. The van der Waals surface area contributed by atoms with E-state index in [4.69, 9.17) is 0 Å². The van der Waals surface area contributed by atoms with Crippen molar-refractivity contribution >= 4 is 0 Å². The molecule has 92 valence electrons. The van der Waals surface area contributed by atoms with E-state index in [1.54, 1.807) is 0 Å². The summed E-state index contributed by atoms with van der Waals surface area (Å²) in [5, 5.41) is 0. The standard InChI is InChI=1S/C17H24/c1-16(2,3)14-11-15(17(4,5)6)13-10-8-7-9-12(13)14/h7-10,14-15H,1-6H3. The molecule has 0 nitrogen and oxygen atoms in total. The maximum Gasteiger partial charge on any atom is -0.0000761 e. The summed E-state index contributed by atoms with van der Waals surface area (Å²) in [6.45, 7) is 13.9. The average molecular weight is 228 g/mol. The number of fused-ring (bicyclic) bond motifs is 1. The Morgan fingerprint density at radius 1 is 0.765 bits per heavy atom. The molecule has 2 rings (SSSR count). The minimum Gasteiger partial charge on any atom is -0.0620 e. The normalized spacial score (nSPS) is 24.8. The molecule has 2 atom stereocenters. The molecule has 0 bridgehead atoms. The molecule has 0 heteroatoms. The maximum absolute atomic E-state index is 3.84. The van der Waals surface area contributed by atoms with Gasteiger partial charge in [-0.25, -0.2) is 0 Å². The van der Waals surface area contributed by atoms with Gasteiger partial charge in [-0.2, -0.15) is 0 Å². The molecule has 0 aromatic heterocycles. The highest BCUT2D eigenvalue weighted by molar-refractivity contribution is 5.45. The molecule has 0 saturated heterocycles. The van der Waals surface area contributed by atoms with Crippen LogP contribution >= 0.6 is 0 Å². The van der Waals surface area contributed by atoms with Crippen LogP contribution in [0.1, 0.15) is 64.5 Å². The van der Waals surface area contributed by atoms with E-state index in [9.17, 15) is 0 Å². The van der Waals surface area contributed by atoms with Gasteiger partial charge in [0.25, 0.3) is 0 Å². The van der Waals surface area contributed by atoms with Crippen LogP contribution in [0.3, 0.4) is 0 Å². The van der Waals surface area contributed by atoms with Crippen LogP contribution < -0.4 is 0 Å². The zero-order chi connectivity index (χ0) is 12.8. The molecule has 1 aliphatic rings. The minimum atomic E-state index is 0.260. The Bertz CT molecular complexity index is 362. The Kier molecular flexibility index (Phi) is 2.88. The predicted octanol–water partition coefficient (Wildman–Crippen LogP) is 5.04. The van der Waals surface area contributed by atoms with Crippen molar-refractivity contribution in [3.63, 3.8) is 0 Å². The summed E-state index contributed by atoms with van der Waals surface area (Å²) in [4.78, 5) is 0. The predicted molar refractivity (Wildman–Crippen MR) is 74.1 cm³/mol. The lowest BCUT2D eigenvalue weighted by Gasteiger charge is -2.30. The van der Waals surface area contributed by atoms with Crippen molar-refractivity contribution in [3.8, 4) is 0 Å². The second-order valence-corrected chi connectivity index (χ2v) is 7.39. The van der Waals surface area contributed by atoms with Gasteiger partial charge in [-0.1, -0.05) is 65.8 Å². The SMILES string of the molecule is CC(C)(C)C1[C]C(C(C)(C)C)c2ccccc21. The van der Waals surface area contributed by atoms with Crippen LogP contribution in [0.2, 0.25) is 0 Å². The summed E-state index contributed by atoms with van der Waals surface area (Å²) in [7, 11) is 0. The van der Waals surface area contributed by atoms with Gasteiger partial charge in [-0.15, -0.1) is 0 Å². The van der Waals surface area contributed by atoms with E-state index in [0.717, 1.165) is 0 Å². The zero-order valence-corrected chi connectivity index (χ0v) is 12.0. The highest BCUT2D eigenvalue weighted by atomic mass is 14.5. The summed E-state index contributed by atoms with van der Waals surface area (Å²) < 4.78 is 0. The maximum atomic E-state index is 3.84. The van der Waals surface area contributed by atoms with E-state index < -0.39 is 0 Å². The van der Waals surface area contributed by atoms with Crippen molar-refractivity contribution in [2.24, 2.45) is 10.8 Å². The first kappa shape index (κ1) is 12.7. The van der Waals surface area contributed by atoms with Gasteiger partial charge in [0.1, 0.15) is 0 Å². The highest BCUT2D eigenvalue weighted by Crippen LogP contribution is 2.54. The van der Waals surface area contributed by atoms with Crippen molar-refractivity contribution in [3.05, 3.63) is 41.8 Å². The lowest BCUT2D eigenvalue weighted by atomic mass is 9.73. The molecule has 0 saturated carbocycles. The van der Waals surface area contributed by atoms with Crippen molar-refractivity contribution in [2.45, 2.75) is 53.4 Å². The quantitative estimate of drug-likeness (QED) is 0.583. The fourth-order valence-electron chi connectivity index (χ4n) is 2.82. The fourth-order valence-corrected chi connectivity index (χ4v) is 2.82. The van der Waals surface area contributed by atoms with Gasteiger partial charge in [0.15, 0.2) is 0 Å². The first-order chi connectivity index (χ1) is 7.71. The van der Waals surface area contributed by atoms with Gasteiger partial charge in [-0.05, 0) is 40.2 Å². The van der Waals surface area contributed by atoms with E-state index in [1.807, 2.05) is 0 Å². The third-order valence-corrected chi connectivity index (χ3v) is 3.68. The van der Waals surface area contributed by atoms with Gasteiger partial charge in [0, 0.05) is 0 Å². The molecule has 0 N–H and O–H groups in total. The molecule has 1 aromatic rings. The van der Waals surface area contributed by atoms with Gasteiger partial charge >= 0.3 is 0 Å². The molecular formula is C17H24. The van der Waals surface area contributed by atoms with Crippen LogP contribution in [0.4, 0.5) is 0 Å². The molecule has 1 aliphatic carbocycles. The molecule has 17 heavy (non-hydrogen) atoms. The number of hydrogen-bond acceptors (Lipinski definition) is 0. The molecule has 1 aromatic carbocycles. The average Bonchev–Trinajstić information content (AvgIpc) is 2.55. The van der Waals surface area contributed by atoms with Crippen molar-refractivity contribution in [1.29, 1.82) is 0 Å². The van der Waals surface area contributed by atoms with E-state index in [1.165, 1.54) is 11.1 Å². The van der Waals surface area contributed by atoms with Crippen LogP contribution in [0.15, 0.2) is 24.3 Å². The van der Waals surface area contributed by atoms with E-state index in [2.05, 4.69) is 72.2 Å². The number of benzene rings is 1. The van der Waals surface area contributed by atoms with Gasteiger partial charge in [0.05, 0.1) is 0 Å². The molecule has 0 amide bonds. The second-order valence-electron chi connectivity index (χ2n) is 7.39. The molecule has 0 heterocycles. The lowest BCUT2D eigenvalue weighted by Crippen LogP contribution is -2.20. The largest absolute Gasteiger partial charge is 0.0620 e. The summed E-state index contributed by atoms with van der Waals surface area (Å²) in [5.41, 5.74) is 3.49. The summed E-state index contributed by atoms with van der Waals surface area (Å²) in [5.74, 6) is 0.922. The smallest absolute Gasteiger partial charge is 0.0000761 e. The van der Waals surface area contributed by atoms with Gasteiger partial charge in [0.2, 0.25) is 0 Å². The van der Waals surface area contributed by atoms with Crippen LogP contribution in [0.5, 0.6) is 0 Å². The minimum absolute atomic E-state index is 0.260. The Morgan fingerprint density at radius 2 is 1.12 bits per heavy atom. The topological polar surface area (TPSA) is 0 Å². The van der Waals surface area contributed by atoms with E-state index in [0.29, 0.717) is 11.8 Å².